The standard InChI is InChI=1S/C17H23N3O3.ClH/c21-16(14-6-2-8-18-14)19-11-12-4-1-5-13(10-12)20-17(22)15-7-3-9-23-15;/h1,4-5,10,14-15,18H,2-3,6-9,11H2,(H,19,21)(H,20,22);1H. The van der Waals surface area contributed by atoms with E-state index in [1.165, 1.54) is 0 Å². The number of benzene rings is 1. The largest absolute Gasteiger partial charge is 0.368 e. The lowest BCUT2D eigenvalue weighted by atomic mass is 10.1. The molecule has 6 nitrogen and oxygen atoms in total. The van der Waals surface area contributed by atoms with Crippen molar-refractivity contribution < 1.29 is 14.3 Å². The summed E-state index contributed by atoms with van der Waals surface area (Å²) in [4.78, 5) is 24.0. The Balaban J connectivity index is 0.00000208. The van der Waals surface area contributed by atoms with Gasteiger partial charge in [0.05, 0.1) is 6.04 Å². The predicted octanol–water partition coefficient (Wildman–Crippen LogP) is 1.59. The summed E-state index contributed by atoms with van der Waals surface area (Å²) in [5.41, 5.74) is 1.69. The Hall–Kier alpha value is -1.63. The summed E-state index contributed by atoms with van der Waals surface area (Å²) in [6.07, 6.45) is 3.30. The van der Waals surface area contributed by atoms with E-state index in [1.807, 2.05) is 24.3 Å². The highest BCUT2D eigenvalue weighted by Crippen LogP contribution is 2.16. The van der Waals surface area contributed by atoms with Crippen molar-refractivity contribution in [3.63, 3.8) is 0 Å². The Morgan fingerprint density at radius 2 is 2.08 bits per heavy atom. The first-order valence-corrected chi connectivity index (χ1v) is 8.25. The monoisotopic (exact) mass is 353 g/mol. The molecule has 2 aliphatic rings. The lowest BCUT2D eigenvalue weighted by Gasteiger charge is -2.13. The number of amides is 2. The van der Waals surface area contributed by atoms with Gasteiger partial charge in [0.25, 0.3) is 5.91 Å². The second-order valence-corrected chi connectivity index (χ2v) is 6.06. The summed E-state index contributed by atoms with van der Waals surface area (Å²) in [7, 11) is 0. The summed E-state index contributed by atoms with van der Waals surface area (Å²) in [6, 6.07) is 7.47. The average molecular weight is 354 g/mol. The lowest BCUT2D eigenvalue weighted by Crippen LogP contribution is -2.40. The molecule has 2 atom stereocenters. The van der Waals surface area contributed by atoms with Gasteiger partial charge < -0.3 is 20.7 Å². The van der Waals surface area contributed by atoms with E-state index in [9.17, 15) is 9.59 Å². The van der Waals surface area contributed by atoms with Gasteiger partial charge in [-0.05, 0) is 49.9 Å². The minimum atomic E-state index is -0.341. The molecule has 0 radical (unpaired) electrons. The molecule has 2 heterocycles. The van der Waals surface area contributed by atoms with Gasteiger partial charge in [-0.1, -0.05) is 12.1 Å². The van der Waals surface area contributed by atoms with Crippen LogP contribution in [0.2, 0.25) is 0 Å². The SMILES string of the molecule is Cl.O=C(NCc1cccc(NC(=O)C2CCCO2)c1)C1CCCN1. The fourth-order valence-electron chi connectivity index (χ4n) is 2.99. The van der Waals surface area contributed by atoms with Crippen LogP contribution in [0.1, 0.15) is 31.2 Å². The molecule has 0 saturated carbocycles. The molecule has 0 spiro atoms. The van der Waals surface area contributed by atoms with Crippen LogP contribution in [0.4, 0.5) is 5.69 Å². The number of nitrogens with one attached hydrogen (secondary N) is 3. The van der Waals surface area contributed by atoms with Gasteiger partial charge in [-0.2, -0.15) is 0 Å². The Morgan fingerprint density at radius 1 is 1.21 bits per heavy atom. The number of ether oxygens (including phenoxy) is 1. The van der Waals surface area contributed by atoms with E-state index in [0.717, 1.165) is 43.5 Å². The number of carbonyl (C=O) groups excluding carboxylic acids is 2. The number of halogens is 1. The first kappa shape index (κ1) is 18.7. The molecular weight excluding hydrogens is 330 g/mol. The Labute approximate surface area is 148 Å². The van der Waals surface area contributed by atoms with Crippen LogP contribution in [-0.4, -0.2) is 37.1 Å². The first-order valence-electron chi connectivity index (χ1n) is 8.25. The van der Waals surface area contributed by atoms with Gasteiger partial charge in [-0.15, -0.1) is 12.4 Å². The van der Waals surface area contributed by atoms with Crippen LogP contribution >= 0.6 is 12.4 Å². The van der Waals surface area contributed by atoms with Crippen LogP contribution in [0.25, 0.3) is 0 Å². The van der Waals surface area contributed by atoms with E-state index in [1.54, 1.807) is 0 Å². The molecular formula is C17H24ClN3O3. The Bertz CT molecular complexity index is 570. The maximum absolute atomic E-state index is 12.1. The third kappa shape index (κ3) is 4.93. The van der Waals surface area contributed by atoms with Crippen molar-refractivity contribution in [3.05, 3.63) is 29.8 Å². The van der Waals surface area contributed by atoms with Gasteiger partial charge in [-0.3, -0.25) is 9.59 Å². The fraction of sp³-hybridized carbons (Fsp3) is 0.529. The topological polar surface area (TPSA) is 79.5 Å². The van der Waals surface area contributed by atoms with Gasteiger partial charge in [0, 0.05) is 18.8 Å². The molecule has 2 aliphatic heterocycles. The molecule has 2 saturated heterocycles. The van der Waals surface area contributed by atoms with Crippen LogP contribution in [0.15, 0.2) is 24.3 Å². The summed E-state index contributed by atoms with van der Waals surface area (Å²) < 4.78 is 5.38. The number of hydrogen-bond acceptors (Lipinski definition) is 4. The third-order valence-corrected chi connectivity index (χ3v) is 4.26. The van der Waals surface area contributed by atoms with Crippen molar-refractivity contribution in [1.82, 2.24) is 10.6 Å². The second-order valence-electron chi connectivity index (χ2n) is 6.06. The normalized spacial score (nSPS) is 22.7. The van der Waals surface area contributed by atoms with Crippen molar-refractivity contribution in [3.8, 4) is 0 Å². The van der Waals surface area contributed by atoms with Crippen LogP contribution in [0.5, 0.6) is 0 Å². The molecule has 0 aromatic heterocycles. The Kier molecular flexibility index (Phi) is 7.02. The summed E-state index contributed by atoms with van der Waals surface area (Å²) in [5, 5.41) is 8.99. The minimum absolute atomic E-state index is 0. The van der Waals surface area contributed by atoms with Crippen molar-refractivity contribution in [2.24, 2.45) is 0 Å². The number of hydrogen-bond donors (Lipinski definition) is 3. The van der Waals surface area contributed by atoms with E-state index in [4.69, 9.17) is 4.74 Å². The molecule has 132 valence electrons. The summed E-state index contributed by atoms with van der Waals surface area (Å²) in [6.45, 7) is 2.02. The third-order valence-electron chi connectivity index (χ3n) is 4.26. The van der Waals surface area contributed by atoms with E-state index >= 15 is 0 Å². The zero-order valence-electron chi connectivity index (χ0n) is 13.5. The molecule has 3 N–H and O–H groups in total. The van der Waals surface area contributed by atoms with Gasteiger partial charge in [-0.25, -0.2) is 0 Å². The van der Waals surface area contributed by atoms with Crippen LogP contribution in [-0.2, 0) is 20.9 Å². The number of anilines is 1. The van der Waals surface area contributed by atoms with Gasteiger partial charge in [0.2, 0.25) is 5.91 Å². The quantitative estimate of drug-likeness (QED) is 0.751. The molecule has 2 fully saturated rings. The summed E-state index contributed by atoms with van der Waals surface area (Å²) >= 11 is 0. The lowest BCUT2D eigenvalue weighted by molar-refractivity contribution is -0.125. The molecule has 2 amide bonds. The highest BCUT2D eigenvalue weighted by molar-refractivity contribution is 5.94. The van der Waals surface area contributed by atoms with E-state index in [2.05, 4.69) is 16.0 Å². The van der Waals surface area contributed by atoms with E-state index in [-0.39, 0.29) is 36.4 Å². The van der Waals surface area contributed by atoms with Gasteiger partial charge in [0.15, 0.2) is 0 Å². The van der Waals surface area contributed by atoms with Crippen molar-refractivity contribution in [2.45, 2.75) is 44.4 Å². The van der Waals surface area contributed by atoms with Gasteiger partial charge in [0.1, 0.15) is 6.10 Å². The summed E-state index contributed by atoms with van der Waals surface area (Å²) in [5.74, 6) is -0.0601. The molecule has 0 bridgehead atoms. The molecule has 7 heteroatoms. The smallest absolute Gasteiger partial charge is 0.253 e. The molecule has 2 unspecified atom stereocenters. The highest BCUT2D eigenvalue weighted by atomic mass is 35.5. The first-order chi connectivity index (χ1) is 11.2. The number of rotatable bonds is 5. The van der Waals surface area contributed by atoms with Crippen LogP contribution < -0.4 is 16.0 Å². The van der Waals surface area contributed by atoms with Crippen LogP contribution in [0, 0.1) is 0 Å². The molecule has 3 rings (SSSR count). The van der Waals surface area contributed by atoms with Gasteiger partial charge >= 0.3 is 0 Å². The minimum Gasteiger partial charge on any atom is -0.368 e. The zero-order chi connectivity index (χ0) is 16.1. The van der Waals surface area contributed by atoms with Crippen molar-refractivity contribution in [2.75, 3.05) is 18.5 Å². The fourth-order valence-corrected chi connectivity index (χ4v) is 2.99. The zero-order valence-corrected chi connectivity index (χ0v) is 14.4. The molecule has 1 aromatic carbocycles. The van der Waals surface area contributed by atoms with E-state index < -0.39 is 0 Å². The molecule has 0 aliphatic carbocycles. The average Bonchev–Trinajstić information content (AvgIpc) is 3.25. The maximum atomic E-state index is 12.1. The molecule has 24 heavy (non-hydrogen) atoms. The maximum Gasteiger partial charge on any atom is 0.253 e. The Morgan fingerprint density at radius 3 is 2.79 bits per heavy atom. The molecule has 1 aromatic rings. The van der Waals surface area contributed by atoms with Crippen molar-refractivity contribution >= 4 is 29.9 Å². The predicted molar refractivity (Wildman–Crippen MR) is 94.2 cm³/mol. The van der Waals surface area contributed by atoms with E-state index in [0.29, 0.717) is 13.2 Å². The second kappa shape index (κ2) is 9.01. The van der Waals surface area contributed by atoms with Crippen LogP contribution in [0.3, 0.4) is 0 Å². The number of carbonyl (C=O) groups is 2. The van der Waals surface area contributed by atoms with Crippen molar-refractivity contribution in [1.29, 1.82) is 0 Å². The highest BCUT2D eigenvalue weighted by Gasteiger charge is 2.24.